The van der Waals surface area contributed by atoms with E-state index in [4.69, 9.17) is 0 Å². The SMILES string of the molecule is CNc1cccnc1S(=O)(=O)Nc1ccc(N(C)C)cc1. The predicted molar refractivity (Wildman–Crippen MR) is 85.4 cm³/mol. The van der Waals surface area contributed by atoms with Crippen LogP contribution in [0.15, 0.2) is 47.6 Å². The molecule has 0 aliphatic carbocycles. The Kier molecular flexibility index (Phi) is 4.32. The summed E-state index contributed by atoms with van der Waals surface area (Å²) in [4.78, 5) is 5.88. The third-order valence-corrected chi connectivity index (χ3v) is 4.27. The van der Waals surface area contributed by atoms with Gasteiger partial charge >= 0.3 is 0 Å². The van der Waals surface area contributed by atoms with Crippen LogP contribution in [0.5, 0.6) is 0 Å². The number of pyridine rings is 1. The van der Waals surface area contributed by atoms with E-state index in [1.54, 1.807) is 31.3 Å². The fraction of sp³-hybridized carbons (Fsp3) is 0.214. The number of hydrogen-bond donors (Lipinski definition) is 2. The Hall–Kier alpha value is -2.28. The lowest BCUT2D eigenvalue weighted by Crippen LogP contribution is -2.16. The lowest BCUT2D eigenvalue weighted by atomic mass is 10.3. The maximum absolute atomic E-state index is 12.4. The molecule has 6 nitrogen and oxygen atoms in total. The zero-order valence-corrected chi connectivity index (χ0v) is 13.0. The molecule has 7 heteroatoms. The Morgan fingerprint density at radius 3 is 2.33 bits per heavy atom. The lowest BCUT2D eigenvalue weighted by molar-refractivity contribution is 0.598. The molecule has 0 bridgehead atoms. The van der Waals surface area contributed by atoms with Crippen molar-refractivity contribution in [3.63, 3.8) is 0 Å². The minimum absolute atomic E-state index is 0.0239. The molecule has 2 rings (SSSR count). The molecule has 0 atom stereocenters. The summed E-state index contributed by atoms with van der Waals surface area (Å²) in [7, 11) is 1.77. The minimum Gasteiger partial charge on any atom is -0.386 e. The van der Waals surface area contributed by atoms with Crippen molar-refractivity contribution in [2.45, 2.75) is 5.03 Å². The van der Waals surface area contributed by atoms with Crippen molar-refractivity contribution in [1.82, 2.24) is 4.98 Å². The van der Waals surface area contributed by atoms with Crippen LogP contribution in [-0.4, -0.2) is 34.5 Å². The normalized spacial score (nSPS) is 11.0. The maximum Gasteiger partial charge on any atom is 0.281 e. The number of aromatic nitrogens is 1. The Bertz CT molecular complexity index is 712. The van der Waals surface area contributed by atoms with Gasteiger partial charge in [-0.2, -0.15) is 8.42 Å². The van der Waals surface area contributed by atoms with Crippen molar-refractivity contribution in [1.29, 1.82) is 0 Å². The third kappa shape index (κ3) is 3.43. The molecule has 21 heavy (non-hydrogen) atoms. The summed E-state index contributed by atoms with van der Waals surface area (Å²) in [5, 5.41) is 2.80. The molecule has 0 aliphatic heterocycles. The summed E-state index contributed by atoms with van der Waals surface area (Å²) in [6.07, 6.45) is 1.45. The first-order valence-electron chi connectivity index (χ1n) is 6.37. The Balaban J connectivity index is 2.29. The van der Waals surface area contributed by atoms with Crippen LogP contribution in [0.2, 0.25) is 0 Å². The van der Waals surface area contributed by atoms with Gasteiger partial charge in [-0.05, 0) is 36.4 Å². The third-order valence-electron chi connectivity index (χ3n) is 2.93. The highest BCUT2D eigenvalue weighted by molar-refractivity contribution is 7.92. The van der Waals surface area contributed by atoms with Gasteiger partial charge in [0.2, 0.25) is 0 Å². The van der Waals surface area contributed by atoms with Crippen LogP contribution in [0.25, 0.3) is 0 Å². The highest BCUT2D eigenvalue weighted by Gasteiger charge is 2.19. The maximum atomic E-state index is 12.4. The van der Waals surface area contributed by atoms with E-state index in [0.717, 1.165) is 5.69 Å². The molecule has 1 aromatic heterocycles. The van der Waals surface area contributed by atoms with E-state index >= 15 is 0 Å². The van der Waals surface area contributed by atoms with Gasteiger partial charge in [-0.25, -0.2) is 4.98 Å². The van der Waals surface area contributed by atoms with Gasteiger partial charge in [-0.3, -0.25) is 4.72 Å². The Morgan fingerprint density at radius 2 is 1.76 bits per heavy atom. The molecule has 2 aromatic rings. The quantitative estimate of drug-likeness (QED) is 0.883. The van der Waals surface area contributed by atoms with E-state index in [0.29, 0.717) is 11.4 Å². The van der Waals surface area contributed by atoms with E-state index in [1.807, 2.05) is 31.1 Å². The summed E-state index contributed by atoms with van der Waals surface area (Å²) in [5.74, 6) is 0. The topological polar surface area (TPSA) is 74.3 Å². The monoisotopic (exact) mass is 306 g/mol. The number of rotatable bonds is 5. The van der Waals surface area contributed by atoms with Crippen molar-refractivity contribution < 1.29 is 8.42 Å². The van der Waals surface area contributed by atoms with Crippen LogP contribution >= 0.6 is 0 Å². The second-order valence-electron chi connectivity index (χ2n) is 4.65. The van der Waals surface area contributed by atoms with E-state index in [1.165, 1.54) is 6.20 Å². The lowest BCUT2D eigenvalue weighted by Gasteiger charge is -2.14. The molecule has 0 radical (unpaired) electrons. The predicted octanol–water partition coefficient (Wildman–Crippen LogP) is 1.99. The first kappa shape index (κ1) is 15.1. The smallest absolute Gasteiger partial charge is 0.281 e. The van der Waals surface area contributed by atoms with Gasteiger partial charge in [0.15, 0.2) is 5.03 Å². The number of sulfonamides is 1. The van der Waals surface area contributed by atoms with Gasteiger partial charge in [0.25, 0.3) is 10.0 Å². The summed E-state index contributed by atoms with van der Waals surface area (Å²) in [6, 6.07) is 10.5. The zero-order chi connectivity index (χ0) is 15.5. The van der Waals surface area contributed by atoms with Crippen molar-refractivity contribution >= 4 is 27.1 Å². The second kappa shape index (κ2) is 6.01. The molecule has 0 spiro atoms. The van der Waals surface area contributed by atoms with Gasteiger partial charge in [0, 0.05) is 38.7 Å². The number of nitrogens with zero attached hydrogens (tertiary/aromatic N) is 2. The van der Waals surface area contributed by atoms with Crippen molar-refractivity contribution in [2.75, 3.05) is 36.1 Å². The molecule has 112 valence electrons. The fourth-order valence-corrected chi connectivity index (χ4v) is 3.03. The number of anilines is 3. The standard InChI is InChI=1S/C14H18N4O2S/c1-15-13-5-4-10-16-14(13)21(19,20)17-11-6-8-12(9-7-11)18(2)3/h4-10,15,17H,1-3H3. The number of benzene rings is 1. The molecular weight excluding hydrogens is 288 g/mol. The summed E-state index contributed by atoms with van der Waals surface area (Å²) in [6.45, 7) is 0. The first-order chi connectivity index (χ1) is 9.94. The van der Waals surface area contributed by atoms with Gasteiger partial charge in [0.05, 0.1) is 5.69 Å². The largest absolute Gasteiger partial charge is 0.386 e. The number of nitrogens with one attached hydrogen (secondary N) is 2. The van der Waals surface area contributed by atoms with Crippen LogP contribution in [0.1, 0.15) is 0 Å². The van der Waals surface area contributed by atoms with Gasteiger partial charge < -0.3 is 10.2 Å². The highest BCUT2D eigenvalue weighted by atomic mass is 32.2. The van der Waals surface area contributed by atoms with Crippen LogP contribution in [-0.2, 0) is 10.0 Å². The van der Waals surface area contributed by atoms with Crippen molar-refractivity contribution in [3.8, 4) is 0 Å². The molecule has 0 unspecified atom stereocenters. The van der Waals surface area contributed by atoms with E-state index in [9.17, 15) is 8.42 Å². The molecule has 0 fully saturated rings. The molecule has 0 amide bonds. The molecule has 0 saturated heterocycles. The van der Waals surface area contributed by atoms with Gasteiger partial charge in [-0.15, -0.1) is 0 Å². The van der Waals surface area contributed by atoms with E-state index in [2.05, 4.69) is 15.0 Å². The van der Waals surface area contributed by atoms with Gasteiger partial charge in [0.1, 0.15) is 0 Å². The summed E-state index contributed by atoms with van der Waals surface area (Å²) in [5.41, 5.74) is 1.94. The van der Waals surface area contributed by atoms with Crippen LogP contribution in [0.3, 0.4) is 0 Å². The molecule has 0 aliphatic rings. The fourth-order valence-electron chi connectivity index (χ4n) is 1.83. The molecular formula is C14H18N4O2S. The molecule has 1 aromatic carbocycles. The number of hydrogen-bond acceptors (Lipinski definition) is 5. The highest BCUT2D eigenvalue weighted by Crippen LogP contribution is 2.22. The summed E-state index contributed by atoms with van der Waals surface area (Å²) >= 11 is 0. The minimum atomic E-state index is -3.73. The summed E-state index contributed by atoms with van der Waals surface area (Å²) < 4.78 is 27.3. The second-order valence-corrected chi connectivity index (χ2v) is 6.25. The van der Waals surface area contributed by atoms with Crippen molar-refractivity contribution in [2.24, 2.45) is 0 Å². The van der Waals surface area contributed by atoms with Crippen LogP contribution in [0, 0.1) is 0 Å². The van der Waals surface area contributed by atoms with E-state index in [-0.39, 0.29) is 5.03 Å². The average Bonchev–Trinajstić information content (AvgIpc) is 2.47. The van der Waals surface area contributed by atoms with Crippen LogP contribution < -0.4 is 14.9 Å². The van der Waals surface area contributed by atoms with Crippen LogP contribution in [0.4, 0.5) is 17.1 Å². The zero-order valence-electron chi connectivity index (χ0n) is 12.2. The van der Waals surface area contributed by atoms with Crippen molar-refractivity contribution in [3.05, 3.63) is 42.6 Å². The Morgan fingerprint density at radius 1 is 1.10 bits per heavy atom. The average molecular weight is 306 g/mol. The first-order valence-corrected chi connectivity index (χ1v) is 7.85. The Labute approximate surface area is 124 Å². The molecule has 2 N–H and O–H groups in total. The van der Waals surface area contributed by atoms with Gasteiger partial charge in [-0.1, -0.05) is 0 Å². The van der Waals surface area contributed by atoms with E-state index < -0.39 is 10.0 Å². The molecule has 1 heterocycles. The molecule has 0 saturated carbocycles.